The summed E-state index contributed by atoms with van der Waals surface area (Å²) in [6.45, 7) is 5.88. The van der Waals surface area contributed by atoms with E-state index in [1.165, 1.54) is 0 Å². The zero-order valence-corrected chi connectivity index (χ0v) is 12.1. The summed E-state index contributed by atoms with van der Waals surface area (Å²) >= 11 is 0. The maximum Gasteiger partial charge on any atom is 0.317 e. The summed E-state index contributed by atoms with van der Waals surface area (Å²) in [5, 5.41) is 11.8. The van der Waals surface area contributed by atoms with Crippen LogP contribution in [0.1, 0.15) is 43.9 Å². The summed E-state index contributed by atoms with van der Waals surface area (Å²) in [4.78, 5) is 14.1. The number of piperidine rings is 1. The Morgan fingerprint density at radius 1 is 1.35 bits per heavy atom. The molecule has 0 spiro atoms. The number of hydrogen-bond acceptors (Lipinski definition) is 2. The monoisotopic (exact) mass is 271 g/mol. The molecule has 4 nitrogen and oxygen atoms in total. The summed E-state index contributed by atoms with van der Waals surface area (Å²) in [5.41, 5.74) is 1.65. The number of hydrogen-bond donors (Lipinski definition) is 1. The van der Waals surface area contributed by atoms with E-state index in [1.54, 1.807) is 12.1 Å². The van der Waals surface area contributed by atoms with Crippen molar-refractivity contribution in [3.63, 3.8) is 0 Å². The van der Waals surface area contributed by atoms with Gasteiger partial charge in [-0.25, -0.2) is 4.79 Å². The predicted molar refractivity (Wildman–Crippen MR) is 78.1 cm³/mol. The molecule has 0 bridgehead atoms. The summed E-state index contributed by atoms with van der Waals surface area (Å²) < 4.78 is 0. The third-order valence-electron chi connectivity index (χ3n) is 3.95. The van der Waals surface area contributed by atoms with Gasteiger partial charge in [-0.3, -0.25) is 0 Å². The van der Waals surface area contributed by atoms with Gasteiger partial charge in [0.2, 0.25) is 0 Å². The van der Waals surface area contributed by atoms with Crippen molar-refractivity contribution >= 4 is 6.03 Å². The summed E-state index contributed by atoms with van der Waals surface area (Å²) in [5.74, 6) is 0.718. The van der Waals surface area contributed by atoms with Crippen molar-refractivity contribution < 1.29 is 4.79 Å². The molecular weight excluding hydrogens is 250 g/mol. The molecule has 106 valence electrons. The quantitative estimate of drug-likeness (QED) is 0.898. The maximum atomic E-state index is 12.2. The van der Waals surface area contributed by atoms with Crippen LogP contribution in [0.5, 0.6) is 0 Å². The van der Waals surface area contributed by atoms with E-state index >= 15 is 0 Å². The molecule has 1 aromatic rings. The fraction of sp³-hybridized carbons (Fsp3) is 0.500. The molecule has 2 amide bonds. The van der Waals surface area contributed by atoms with Crippen LogP contribution in [-0.2, 0) is 0 Å². The molecule has 1 aliphatic rings. The fourth-order valence-corrected chi connectivity index (χ4v) is 2.42. The van der Waals surface area contributed by atoms with E-state index in [1.807, 2.05) is 24.0 Å². The number of likely N-dealkylation sites (tertiary alicyclic amines) is 1. The minimum atomic E-state index is -0.0467. The first-order chi connectivity index (χ1) is 9.60. The number of carbonyl (C=O) groups is 1. The SMILES string of the molecule is CC1CCN(C(=O)NC(C)c2ccc(C#N)cc2)CC1. The van der Waals surface area contributed by atoms with E-state index in [4.69, 9.17) is 5.26 Å². The molecule has 20 heavy (non-hydrogen) atoms. The Labute approximate surface area is 120 Å². The van der Waals surface area contributed by atoms with E-state index in [2.05, 4.69) is 18.3 Å². The molecule has 4 heteroatoms. The first kappa shape index (κ1) is 14.4. The summed E-state index contributed by atoms with van der Waals surface area (Å²) in [6, 6.07) is 9.39. The van der Waals surface area contributed by atoms with E-state index in [0.717, 1.165) is 37.4 Å². The van der Waals surface area contributed by atoms with Crippen LogP contribution in [0.15, 0.2) is 24.3 Å². The average molecular weight is 271 g/mol. The van der Waals surface area contributed by atoms with Crippen molar-refractivity contribution in [1.29, 1.82) is 5.26 Å². The van der Waals surface area contributed by atoms with E-state index in [0.29, 0.717) is 5.56 Å². The lowest BCUT2D eigenvalue weighted by Crippen LogP contribution is -2.44. The highest BCUT2D eigenvalue weighted by Crippen LogP contribution is 2.18. The van der Waals surface area contributed by atoms with Crippen molar-refractivity contribution in [2.75, 3.05) is 13.1 Å². The number of carbonyl (C=O) groups excluding carboxylic acids is 1. The normalized spacial score (nSPS) is 17.4. The lowest BCUT2D eigenvalue weighted by Gasteiger charge is -2.31. The van der Waals surface area contributed by atoms with Crippen LogP contribution in [0.4, 0.5) is 4.79 Å². The fourth-order valence-electron chi connectivity index (χ4n) is 2.42. The average Bonchev–Trinajstić information content (AvgIpc) is 2.48. The summed E-state index contributed by atoms with van der Waals surface area (Å²) in [7, 11) is 0. The van der Waals surface area contributed by atoms with Crippen molar-refractivity contribution in [3.8, 4) is 6.07 Å². The van der Waals surface area contributed by atoms with Gasteiger partial charge in [-0.1, -0.05) is 19.1 Å². The first-order valence-corrected chi connectivity index (χ1v) is 7.15. The van der Waals surface area contributed by atoms with Crippen LogP contribution in [0.25, 0.3) is 0 Å². The first-order valence-electron chi connectivity index (χ1n) is 7.15. The van der Waals surface area contributed by atoms with E-state index < -0.39 is 0 Å². The maximum absolute atomic E-state index is 12.2. The highest BCUT2D eigenvalue weighted by molar-refractivity contribution is 5.74. The van der Waals surface area contributed by atoms with Gasteiger partial charge in [0, 0.05) is 13.1 Å². The van der Waals surface area contributed by atoms with Crippen molar-refractivity contribution in [2.24, 2.45) is 5.92 Å². The Morgan fingerprint density at radius 2 is 1.95 bits per heavy atom. The highest BCUT2D eigenvalue weighted by atomic mass is 16.2. The Hall–Kier alpha value is -2.02. The minimum absolute atomic E-state index is 0.00811. The molecule has 0 saturated carbocycles. The van der Waals surface area contributed by atoms with Gasteiger partial charge in [0.15, 0.2) is 0 Å². The number of nitriles is 1. The summed E-state index contributed by atoms with van der Waals surface area (Å²) in [6.07, 6.45) is 2.16. The number of urea groups is 1. The van der Waals surface area contributed by atoms with E-state index in [-0.39, 0.29) is 12.1 Å². The molecule has 2 rings (SSSR count). The second-order valence-electron chi connectivity index (χ2n) is 5.57. The van der Waals surface area contributed by atoms with Crippen LogP contribution in [0.3, 0.4) is 0 Å². The van der Waals surface area contributed by atoms with Crippen LogP contribution in [0, 0.1) is 17.2 Å². The standard InChI is InChI=1S/C16H21N3O/c1-12-7-9-19(10-8-12)16(20)18-13(2)15-5-3-14(11-17)4-6-15/h3-6,12-13H,7-10H2,1-2H3,(H,18,20). The molecular formula is C16H21N3O. The second-order valence-corrected chi connectivity index (χ2v) is 5.57. The Morgan fingerprint density at radius 3 is 2.50 bits per heavy atom. The van der Waals surface area contributed by atoms with Gasteiger partial charge in [0.1, 0.15) is 0 Å². The van der Waals surface area contributed by atoms with Crippen molar-refractivity contribution in [1.82, 2.24) is 10.2 Å². The third-order valence-corrected chi connectivity index (χ3v) is 3.95. The number of nitrogens with one attached hydrogen (secondary N) is 1. The van der Waals surface area contributed by atoms with Gasteiger partial charge >= 0.3 is 6.03 Å². The molecule has 1 aliphatic heterocycles. The van der Waals surface area contributed by atoms with Crippen LogP contribution >= 0.6 is 0 Å². The van der Waals surface area contributed by atoms with Gasteiger partial charge in [-0.15, -0.1) is 0 Å². The zero-order valence-electron chi connectivity index (χ0n) is 12.1. The number of benzene rings is 1. The van der Waals surface area contributed by atoms with Gasteiger partial charge in [-0.2, -0.15) is 5.26 Å². The molecule has 0 aromatic heterocycles. The van der Waals surface area contributed by atoms with Crippen LogP contribution in [-0.4, -0.2) is 24.0 Å². The van der Waals surface area contributed by atoms with Crippen LogP contribution in [0.2, 0.25) is 0 Å². The molecule has 1 saturated heterocycles. The largest absolute Gasteiger partial charge is 0.331 e. The molecule has 1 heterocycles. The predicted octanol–water partition coefficient (Wildman–Crippen LogP) is 3.06. The molecule has 0 radical (unpaired) electrons. The number of nitrogens with zero attached hydrogens (tertiary/aromatic N) is 2. The lowest BCUT2D eigenvalue weighted by atomic mass is 9.99. The molecule has 1 N–H and O–H groups in total. The van der Waals surface area contributed by atoms with E-state index in [9.17, 15) is 4.79 Å². The number of amides is 2. The van der Waals surface area contributed by atoms with Gasteiger partial charge in [0.05, 0.1) is 17.7 Å². The van der Waals surface area contributed by atoms with Crippen LogP contribution < -0.4 is 5.32 Å². The van der Waals surface area contributed by atoms with Gasteiger partial charge in [-0.05, 0) is 43.4 Å². The lowest BCUT2D eigenvalue weighted by molar-refractivity contribution is 0.171. The minimum Gasteiger partial charge on any atom is -0.331 e. The molecule has 1 unspecified atom stereocenters. The second kappa shape index (κ2) is 6.42. The van der Waals surface area contributed by atoms with Crippen molar-refractivity contribution in [3.05, 3.63) is 35.4 Å². The smallest absolute Gasteiger partial charge is 0.317 e. The molecule has 1 fully saturated rings. The molecule has 0 aliphatic carbocycles. The number of rotatable bonds is 2. The molecule has 1 aromatic carbocycles. The third kappa shape index (κ3) is 3.51. The van der Waals surface area contributed by atoms with Gasteiger partial charge in [0.25, 0.3) is 0 Å². The van der Waals surface area contributed by atoms with Gasteiger partial charge < -0.3 is 10.2 Å². The highest BCUT2D eigenvalue weighted by Gasteiger charge is 2.21. The molecule has 1 atom stereocenters. The Bertz CT molecular complexity index is 495. The zero-order chi connectivity index (χ0) is 14.5. The van der Waals surface area contributed by atoms with Crippen molar-refractivity contribution in [2.45, 2.75) is 32.7 Å². The Balaban J connectivity index is 1.91. The Kier molecular flexibility index (Phi) is 4.62. The topological polar surface area (TPSA) is 56.1 Å².